The fourth-order valence-electron chi connectivity index (χ4n) is 1.51. The van der Waals surface area contributed by atoms with Crippen LogP contribution in [0.25, 0.3) is 0 Å². The lowest BCUT2D eigenvalue weighted by Gasteiger charge is -2.10. The third-order valence-electron chi connectivity index (χ3n) is 2.67. The second-order valence-electron chi connectivity index (χ2n) is 4.48. The summed E-state index contributed by atoms with van der Waals surface area (Å²) in [6.45, 7) is 4.39. The molecule has 0 spiro atoms. The highest BCUT2D eigenvalue weighted by atomic mass is 32.2. The average Bonchev–Trinajstić information content (AvgIpc) is 2.29. The molecule has 0 amide bonds. The van der Waals surface area contributed by atoms with Crippen molar-refractivity contribution in [3.8, 4) is 0 Å². The van der Waals surface area contributed by atoms with Gasteiger partial charge in [-0.2, -0.15) is 0 Å². The molecular weight excluding hydrogens is 250 g/mol. The van der Waals surface area contributed by atoms with Crippen LogP contribution < -0.4 is 5.32 Å². The van der Waals surface area contributed by atoms with Crippen molar-refractivity contribution in [1.82, 2.24) is 0 Å². The summed E-state index contributed by atoms with van der Waals surface area (Å²) < 4.78 is 28.3. The minimum Gasteiger partial charge on any atom is -0.384 e. The number of rotatable bonds is 7. The topological polar surface area (TPSA) is 55.4 Å². The van der Waals surface area contributed by atoms with Gasteiger partial charge in [-0.1, -0.05) is 12.1 Å². The van der Waals surface area contributed by atoms with E-state index < -0.39 is 9.84 Å². The fourth-order valence-corrected chi connectivity index (χ4v) is 2.37. The van der Waals surface area contributed by atoms with Crippen molar-refractivity contribution in [3.05, 3.63) is 29.8 Å². The maximum absolute atomic E-state index is 11.6. The van der Waals surface area contributed by atoms with E-state index in [4.69, 9.17) is 4.74 Å². The Morgan fingerprint density at radius 3 is 2.67 bits per heavy atom. The Kier molecular flexibility index (Phi) is 5.62. The molecule has 0 unspecified atom stereocenters. The first-order valence-electron chi connectivity index (χ1n) is 5.99. The van der Waals surface area contributed by atoms with E-state index in [0.29, 0.717) is 13.2 Å². The molecule has 1 aromatic rings. The molecule has 0 atom stereocenters. The van der Waals surface area contributed by atoms with Crippen LogP contribution in [0.3, 0.4) is 0 Å². The van der Waals surface area contributed by atoms with Crippen molar-refractivity contribution in [1.29, 1.82) is 0 Å². The molecule has 0 aliphatic heterocycles. The normalized spacial score (nSPS) is 11.8. The second kappa shape index (κ2) is 6.75. The van der Waals surface area contributed by atoms with Gasteiger partial charge < -0.3 is 10.1 Å². The van der Waals surface area contributed by atoms with Gasteiger partial charge in [-0.3, -0.25) is 0 Å². The Bertz CT molecular complexity index is 469. The number of hydrogen-bond acceptors (Lipinski definition) is 4. The summed E-state index contributed by atoms with van der Waals surface area (Å²) in [5.74, 6) is 0.152. The summed E-state index contributed by atoms with van der Waals surface area (Å²) >= 11 is 0. The average molecular weight is 271 g/mol. The third kappa shape index (κ3) is 4.66. The molecule has 0 aromatic heterocycles. The molecule has 0 fully saturated rings. The Morgan fingerprint density at radius 1 is 1.33 bits per heavy atom. The molecule has 0 saturated heterocycles. The molecule has 0 saturated carbocycles. The molecule has 1 rings (SSSR count). The van der Waals surface area contributed by atoms with E-state index in [0.717, 1.165) is 11.3 Å². The number of ether oxygens (including phenoxy) is 1. The predicted molar refractivity (Wildman–Crippen MR) is 74.6 cm³/mol. The maximum atomic E-state index is 11.6. The highest BCUT2D eigenvalue weighted by Crippen LogP contribution is 2.11. The first-order valence-corrected chi connectivity index (χ1v) is 7.70. The quantitative estimate of drug-likeness (QED) is 0.825. The van der Waals surface area contributed by atoms with Crippen LogP contribution in [0.2, 0.25) is 0 Å². The molecule has 5 heteroatoms. The van der Waals surface area contributed by atoms with E-state index in [1.54, 1.807) is 21.0 Å². The summed E-state index contributed by atoms with van der Waals surface area (Å²) in [7, 11) is -1.33. The molecule has 1 aromatic carbocycles. The van der Waals surface area contributed by atoms with E-state index in [1.807, 2.05) is 24.3 Å². The lowest BCUT2D eigenvalue weighted by Crippen LogP contribution is -2.22. The Hall–Kier alpha value is -1.07. The largest absolute Gasteiger partial charge is 0.384 e. The van der Waals surface area contributed by atoms with Gasteiger partial charge in [0.05, 0.1) is 17.6 Å². The lowest BCUT2D eigenvalue weighted by atomic mass is 10.2. The minimum absolute atomic E-state index is 0.152. The molecule has 0 heterocycles. The maximum Gasteiger partial charge on any atom is 0.154 e. The predicted octanol–water partition coefficient (Wildman–Crippen LogP) is 2.07. The van der Waals surface area contributed by atoms with Gasteiger partial charge in [0.25, 0.3) is 0 Å². The Morgan fingerprint density at radius 2 is 2.06 bits per heavy atom. The summed E-state index contributed by atoms with van der Waals surface area (Å²) in [5, 5.41) is 2.80. The minimum atomic E-state index is -2.98. The number of benzene rings is 1. The van der Waals surface area contributed by atoms with Crippen LogP contribution in [0.4, 0.5) is 5.69 Å². The van der Waals surface area contributed by atoms with E-state index in [2.05, 4.69) is 5.32 Å². The zero-order valence-electron chi connectivity index (χ0n) is 11.1. The first-order chi connectivity index (χ1) is 8.45. The Balaban J connectivity index is 2.51. The summed E-state index contributed by atoms with van der Waals surface area (Å²) in [6.07, 6.45) is 0. The number of sulfone groups is 1. The van der Waals surface area contributed by atoms with Crippen molar-refractivity contribution in [2.45, 2.75) is 25.7 Å². The van der Waals surface area contributed by atoms with Crippen LogP contribution >= 0.6 is 0 Å². The van der Waals surface area contributed by atoms with Gasteiger partial charge >= 0.3 is 0 Å². The van der Waals surface area contributed by atoms with Gasteiger partial charge in [-0.25, -0.2) is 8.42 Å². The van der Waals surface area contributed by atoms with Gasteiger partial charge in [-0.05, 0) is 31.5 Å². The van der Waals surface area contributed by atoms with Crippen LogP contribution in [-0.4, -0.2) is 33.1 Å². The molecule has 1 N–H and O–H groups in total. The van der Waals surface area contributed by atoms with E-state index >= 15 is 0 Å². The zero-order valence-corrected chi connectivity index (χ0v) is 12.0. The van der Waals surface area contributed by atoms with Crippen LogP contribution in [0.15, 0.2) is 24.3 Å². The number of hydrogen-bond donors (Lipinski definition) is 1. The number of anilines is 1. The highest BCUT2D eigenvalue weighted by Gasteiger charge is 2.14. The van der Waals surface area contributed by atoms with Gasteiger partial charge in [0.15, 0.2) is 9.84 Å². The summed E-state index contributed by atoms with van der Waals surface area (Å²) in [6, 6.07) is 7.78. The van der Waals surface area contributed by atoms with Crippen LogP contribution in [-0.2, 0) is 21.2 Å². The molecular formula is C13H21NO3S. The summed E-state index contributed by atoms with van der Waals surface area (Å²) in [5.41, 5.74) is 1.98. The Labute approximate surface area is 109 Å². The number of methoxy groups -OCH3 is 1. The van der Waals surface area contributed by atoms with Crippen molar-refractivity contribution in [2.24, 2.45) is 0 Å². The fraction of sp³-hybridized carbons (Fsp3) is 0.538. The highest BCUT2D eigenvalue weighted by molar-refractivity contribution is 7.92. The van der Waals surface area contributed by atoms with Crippen molar-refractivity contribution < 1.29 is 13.2 Å². The molecule has 102 valence electrons. The zero-order chi connectivity index (χ0) is 13.6. The molecule has 0 radical (unpaired) electrons. The van der Waals surface area contributed by atoms with Crippen LogP contribution in [0.5, 0.6) is 0 Å². The molecule has 4 nitrogen and oxygen atoms in total. The van der Waals surface area contributed by atoms with Crippen molar-refractivity contribution in [3.63, 3.8) is 0 Å². The van der Waals surface area contributed by atoms with Crippen LogP contribution in [0.1, 0.15) is 19.4 Å². The van der Waals surface area contributed by atoms with E-state index in [9.17, 15) is 8.42 Å². The second-order valence-corrected chi connectivity index (χ2v) is 7.15. The molecule has 0 aliphatic rings. The number of nitrogens with one attached hydrogen (secondary N) is 1. The third-order valence-corrected chi connectivity index (χ3v) is 4.88. The molecule has 0 bridgehead atoms. The van der Waals surface area contributed by atoms with Gasteiger partial charge in [0.1, 0.15) is 0 Å². The van der Waals surface area contributed by atoms with Gasteiger partial charge in [0.2, 0.25) is 0 Å². The van der Waals surface area contributed by atoms with E-state index in [-0.39, 0.29) is 11.0 Å². The smallest absolute Gasteiger partial charge is 0.154 e. The van der Waals surface area contributed by atoms with Crippen LogP contribution in [0, 0.1) is 0 Å². The lowest BCUT2D eigenvalue weighted by molar-refractivity contribution is 0.185. The monoisotopic (exact) mass is 271 g/mol. The van der Waals surface area contributed by atoms with Crippen molar-refractivity contribution in [2.75, 3.05) is 24.7 Å². The SMILES string of the molecule is COCc1cccc(NCCS(=O)(=O)C(C)C)c1. The van der Waals surface area contributed by atoms with E-state index in [1.165, 1.54) is 0 Å². The summed E-state index contributed by atoms with van der Waals surface area (Å²) in [4.78, 5) is 0. The standard InChI is InChI=1S/C13H21NO3S/c1-11(2)18(15,16)8-7-14-13-6-4-5-12(9-13)10-17-3/h4-6,9,11,14H,7-8,10H2,1-3H3. The van der Waals surface area contributed by atoms with Gasteiger partial charge in [-0.15, -0.1) is 0 Å². The van der Waals surface area contributed by atoms with Gasteiger partial charge in [0, 0.05) is 19.3 Å². The van der Waals surface area contributed by atoms with Crippen molar-refractivity contribution >= 4 is 15.5 Å². The first kappa shape index (κ1) is 15.0. The molecule has 0 aliphatic carbocycles. The molecule has 18 heavy (non-hydrogen) atoms.